The first-order chi connectivity index (χ1) is 8.41. The lowest BCUT2D eigenvalue weighted by atomic mass is 10.0. The molecule has 0 radical (unpaired) electrons. The van der Waals surface area contributed by atoms with Gasteiger partial charge in [-0.25, -0.2) is 4.39 Å². The van der Waals surface area contributed by atoms with E-state index in [2.05, 4.69) is 0 Å². The predicted octanol–water partition coefficient (Wildman–Crippen LogP) is 2.10. The number of halogens is 1. The van der Waals surface area contributed by atoms with E-state index < -0.39 is 17.8 Å². The molecule has 0 saturated heterocycles. The third-order valence-electron chi connectivity index (χ3n) is 3.22. The lowest BCUT2D eigenvalue weighted by Gasteiger charge is -2.11. The molecule has 1 aromatic heterocycles. The summed E-state index contributed by atoms with van der Waals surface area (Å²) in [7, 11) is 1.86. The number of nitrogens with two attached hydrogens (primary N) is 1. The van der Waals surface area contributed by atoms with Gasteiger partial charge < -0.3 is 15.4 Å². The Morgan fingerprint density at radius 1 is 1.56 bits per heavy atom. The number of aliphatic carboxylic acids is 1. The highest BCUT2D eigenvalue weighted by Crippen LogP contribution is 2.27. The largest absolute Gasteiger partial charge is 0.481 e. The summed E-state index contributed by atoms with van der Waals surface area (Å²) in [6.45, 7) is 1.89. The van der Waals surface area contributed by atoms with Gasteiger partial charge in [-0.3, -0.25) is 4.79 Å². The van der Waals surface area contributed by atoms with Crippen LogP contribution >= 0.6 is 0 Å². The van der Waals surface area contributed by atoms with E-state index in [0.29, 0.717) is 5.39 Å². The monoisotopic (exact) mass is 250 g/mol. The number of carboxylic acid groups (broad SMARTS) is 1. The molecule has 4 nitrogen and oxygen atoms in total. The van der Waals surface area contributed by atoms with Crippen LogP contribution in [-0.4, -0.2) is 15.6 Å². The zero-order chi connectivity index (χ0) is 13.4. The second-order valence-corrected chi connectivity index (χ2v) is 4.45. The fourth-order valence-electron chi connectivity index (χ4n) is 2.11. The first-order valence-electron chi connectivity index (χ1n) is 5.63. The van der Waals surface area contributed by atoms with Crippen LogP contribution < -0.4 is 5.73 Å². The number of fused-ring (bicyclic) bond motifs is 1. The molecule has 2 aromatic rings. The van der Waals surface area contributed by atoms with Crippen molar-refractivity contribution in [1.82, 2.24) is 4.57 Å². The van der Waals surface area contributed by atoms with Gasteiger partial charge in [-0.15, -0.1) is 0 Å². The van der Waals surface area contributed by atoms with Crippen LogP contribution in [0.3, 0.4) is 0 Å². The van der Waals surface area contributed by atoms with Gasteiger partial charge in [0.1, 0.15) is 5.82 Å². The summed E-state index contributed by atoms with van der Waals surface area (Å²) in [4.78, 5) is 10.6. The molecule has 2 rings (SSSR count). The summed E-state index contributed by atoms with van der Waals surface area (Å²) in [6.07, 6.45) is -0.283. The van der Waals surface area contributed by atoms with Gasteiger partial charge in [0.05, 0.1) is 11.9 Å². The number of nitrogens with zero attached hydrogens (tertiary/aromatic N) is 1. The van der Waals surface area contributed by atoms with Crippen LogP contribution in [0.4, 0.5) is 4.39 Å². The number of rotatable bonds is 3. The highest BCUT2D eigenvalue weighted by atomic mass is 19.1. The number of aromatic nitrogens is 1. The molecule has 0 aliphatic rings. The average molecular weight is 250 g/mol. The Labute approximate surface area is 104 Å². The van der Waals surface area contributed by atoms with Gasteiger partial charge in [0.15, 0.2) is 0 Å². The van der Waals surface area contributed by atoms with E-state index in [9.17, 15) is 9.18 Å². The van der Waals surface area contributed by atoms with E-state index in [1.54, 1.807) is 18.2 Å². The minimum atomic E-state index is -1.04. The third-order valence-corrected chi connectivity index (χ3v) is 3.22. The molecule has 0 aliphatic carbocycles. The van der Waals surface area contributed by atoms with Crippen molar-refractivity contribution in [3.05, 3.63) is 35.3 Å². The maximum Gasteiger partial charge on any atom is 0.305 e. The van der Waals surface area contributed by atoms with E-state index in [1.807, 2.05) is 18.5 Å². The van der Waals surface area contributed by atoms with E-state index in [-0.39, 0.29) is 12.0 Å². The first kappa shape index (κ1) is 12.6. The van der Waals surface area contributed by atoms with Gasteiger partial charge in [-0.2, -0.15) is 0 Å². The maximum atomic E-state index is 14.3. The van der Waals surface area contributed by atoms with Crippen LogP contribution in [0, 0.1) is 12.7 Å². The Kier molecular flexibility index (Phi) is 3.09. The van der Waals surface area contributed by atoms with Crippen molar-refractivity contribution in [2.24, 2.45) is 12.8 Å². The third kappa shape index (κ3) is 1.97. The van der Waals surface area contributed by atoms with Crippen molar-refractivity contribution in [1.29, 1.82) is 0 Å². The Bertz CT molecular complexity index is 619. The number of benzene rings is 1. The number of hydrogen-bond acceptors (Lipinski definition) is 2. The van der Waals surface area contributed by atoms with Crippen LogP contribution in [0.25, 0.3) is 10.9 Å². The summed E-state index contributed by atoms with van der Waals surface area (Å²) in [5.74, 6) is -1.46. The molecular weight excluding hydrogens is 235 g/mol. The van der Waals surface area contributed by atoms with Crippen LogP contribution in [0.1, 0.15) is 23.7 Å². The van der Waals surface area contributed by atoms with Crippen molar-refractivity contribution in [2.75, 3.05) is 0 Å². The molecule has 1 aromatic carbocycles. The Hall–Kier alpha value is -1.88. The zero-order valence-electron chi connectivity index (χ0n) is 10.3. The molecule has 0 saturated carbocycles. The topological polar surface area (TPSA) is 68.2 Å². The fraction of sp³-hybridized carbons (Fsp3) is 0.308. The Morgan fingerprint density at radius 3 is 2.83 bits per heavy atom. The number of hydrogen-bond donors (Lipinski definition) is 2. The fourth-order valence-corrected chi connectivity index (χ4v) is 2.11. The highest BCUT2D eigenvalue weighted by Gasteiger charge is 2.18. The molecule has 0 bridgehead atoms. The van der Waals surface area contributed by atoms with Crippen LogP contribution in [0.2, 0.25) is 0 Å². The maximum absolute atomic E-state index is 14.3. The molecule has 0 aliphatic heterocycles. The first-order valence-corrected chi connectivity index (χ1v) is 5.63. The lowest BCUT2D eigenvalue weighted by molar-refractivity contribution is -0.137. The van der Waals surface area contributed by atoms with Crippen molar-refractivity contribution in [2.45, 2.75) is 19.4 Å². The number of carboxylic acids is 1. The summed E-state index contributed by atoms with van der Waals surface area (Å²) < 4.78 is 16.2. The molecule has 1 unspecified atom stereocenters. The van der Waals surface area contributed by atoms with Crippen molar-refractivity contribution in [3.63, 3.8) is 0 Å². The Morgan fingerprint density at radius 2 is 2.22 bits per heavy atom. The van der Waals surface area contributed by atoms with Gasteiger partial charge >= 0.3 is 5.97 Å². The van der Waals surface area contributed by atoms with Gasteiger partial charge in [-0.05, 0) is 19.1 Å². The Balaban J connectivity index is 2.54. The molecule has 1 atom stereocenters. The van der Waals surface area contributed by atoms with E-state index in [1.165, 1.54) is 0 Å². The average Bonchev–Trinajstić information content (AvgIpc) is 2.56. The van der Waals surface area contributed by atoms with Crippen molar-refractivity contribution < 1.29 is 14.3 Å². The summed E-state index contributed by atoms with van der Waals surface area (Å²) in [5, 5.41) is 9.17. The normalized spacial score (nSPS) is 12.9. The molecule has 96 valence electrons. The van der Waals surface area contributed by atoms with E-state index >= 15 is 0 Å². The zero-order valence-corrected chi connectivity index (χ0v) is 10.3. The molecule has 0 fully saturated rings. The van der Waals surface area contributed by atoms with Gasteiger partial charge in [-0.1, -0.05) is 6.07 Å². The number of carbonyl (C=O) groups is 1. The molecule has 0 amide bonds. The number of aryl methyl sites for hydroxylation is 2. The van der Waals surface area contributed by atoms with Gasteiger partial charge in [0.2, 0.25) is 0 Å². The minimum absolute atomic E-state index is 0.246. The molecule has 1 heterocycles. The van der Waals surface area contributed by atoms with Crippen LogP contribution in [0.15, 0.2) is 18.2 Å². The molecule has 5 heteroatoms. The minimum Gasteiger partial charge on any atom is -0.481 e. The SMILES string of the molecule is Cc1cc2c(F)c(C(N)CC(=O)O)ccc2n1C. The summed E-state index contributed by atoms with van der Waals surface area (Å²) >= 11 is 0. The molecular formula is C13H15FN2O2. The summed E-state index contributed by atoms with van der Waals surface area (Å²) in [5.41, 5.74) is 7.66. The molecule has 3 N–H and O–H groups in total. The lowest BCUT2D eigenvalue weighted by Crippen LogP contribution is -2.16. The predicted molar refractivity (Wildman–Crippen MR) is 66.8 cm³/mol. The van der Waals surface area contributed by atoms with Crippen molar-refractivity contribution in [3.8, 4) is 0 Å². The summed E-state index contributed by atoms with van der Waals surface area (Å²) in [6, 6.07) is 4.24. The van der Waals surface area contributed by atoms with Crippen LogP contribution in [0.5, 0.6) is 0 Å². The molecule has 0 spiro atoms. The van der Waals surface area contributed by atoms with Crippen LogP contribution in [-0.2, 0) is 11.8 Å². The second kappa shape index (κ2) is 4.42. The van der Waals surface area contributed by atoms with E-state index in [4.69, 9.17) is 10.8 Å². The van der Waals surface area contributed by atoms with Gasteiger partial charge in [0, 0.05) is 29.7 Å². The smallest absolute Gasteiger partial charge is 0.305 e. The quantitative estimate of drug-likeness (QED) is 0.876. The molecule has 18 heavy (non-hydrogen) atoms. The second-order valence-electron chi connectivity index (χ2n) is 4.45. The highest BCUT2D eigenvalue weighted by molar-refractivity contribution is 5.83. The van der Waals surface area contributed by atoms with Gasteiger partial charge in [0.25, 0.3) is 0 Å². The van der Waals surface area contributed by atoms with Crippen molar-refractivity contribution >= 4 is 16.9 Å². The van der Waals surface area contributed by atoms with E-state index in [0.717, 1.165) is 11.2 Å². The standard InChI is InChI=1S/C13H15FN2O2/c1-7-5-9-11(16(7)2)4-3-8(13(9)14)10(15)6-12(17)18/h3-5,10H,6,15H2,1-2H3,(H,17,18).